The molecule has 0 radical (unpaired) electrons. The number of aromatic nitrogens is 2. The first-order chi connectivity index (χ1) is 19.0. The number of methoxy groups -OCH3 is 1. The van der Waals surface area contributed by atoms with Crippen molar-refractivity contribution >= 4 is 17.1 Å². The molecule has 4 aliphatic rings. The number of amides is 1. The van der Waals surface area contributed by atoms with Crippen LogP contribution in [-0.2, 0) is 14.2 Å². The summed E-state index contributed by atoms with van der Waals surface area (Å²) in [5.74, 6) is 0.615. The predicted octanol–water partition coefficient (Wildman–Crippen LogP) is 3.92. The minimum Gasteiger partial charge on any atom is -0.481 e. The summed E-state index contributed by atoms with van der Waals surface area (Å²) < 4.78 is 37.3. The van der Waals surface area contributed by atoms with Crippen LogP contribution in [0.4, 0.5) is 9.18 Å². The average Bonchev–Trinajstić information content (AvgIpc) is 2.96. The lowest BCUT2D eigenvalue weighted by atomic mass is 9.91. The fraction of sp³-hybridized carbons (Fsp3) is 0.393. The number of carbonyl (C=O) groups excluding carboxylic acids is 1. The first kappa shape index (κ1) is 25.3. The number of hydrogen-bond acceptors (Lipinski definition) is 9. The van der Waals surface area contributed by atoms with E-state index in [1.807, 2.05) is 17.1 Å². The number of ether oxygens (including phenoxy) is 4. The predicted molar refractivity (Wildman–Crippen MR) is 137 cm³/mol. The van der Waals surface area contributed by atoms with Crippen LogP contribution < -0.4 is 4.74 Å². The molecule has 204 valence electrons. The highest BCUT2D eigenvalue weighted by molar-refractivity contribution is 5.78. The maximum absolute atomic E-state index is 14.8. The van der Waals surface area contributed by atoms with Crippen LogP contribution in [0.3, 0.4) is 0 Å². The highest BCUT2D eigenvalue weighted by Gasteiger charge is 2.42. The van der Waals surface area contributed by atoms with E-state index in [9.17, 15) is 14.3 Å². The van der Waals surface area contributed by atoms with Gasteiger partial charge in [0.15, 0.2) is 12.0 Å². The van der Waals surface area contributed by atoms with Gasteiger partial charge < -0.3 is 24.1 Å². The molecule has 0 bridgehead atoms. The second kappa shape index (κ2) is 10.7. The number of piperidine rings is 1. The van der Waals surface area contributed by atoms with Crippen LogP contribution in [0.15, 0.2) is 66.3 Å². The SMILES string of the molecule is COc1ccc2ncc(F)c([C@@H](O)CN3CC[C@@H]4CN(C5=COC=C(C6=CC=CCC6)O5)C(=O)O[C@H]4C3)c2n1. The number of aliphatic hydroxyl groups is 1. The number of carbonyl (C=O) groups is 1. The second-order valence-electron chi connectivity index (χ2n) is 9.93. The minimum absolute atomic E-state index is 0.0659. The number of nitrogens with zero attached hydrogens (tertiary/aromatic N) is 4. The summed E-state index contributed by atoms with van der Waals surface area (Å²) in [5, 5.41) is 11.0. The second-order valence-corrected chi connectivity index (χ2v) is 9.93. The van der Waals surface area contributed by atoms with Gasteiger partial charge in [-0.3, -0.25) is 9.88 Å². The Labute approximate surface area is 224 Å². The number of β-amino-alcohol motifs (C(OH)–C–C–N with tert-alkyl or cyclic N) is 1. The van der Waals surface area contributed by atoms with Gasteiger partial charge >= 0.3 is 6.09 Å². The molecule has 6 rings (SSSR count). The Morgan fingerprint density at radius 1 is 1.28 bits per heavy atom. The summed E-state index contributed by atoms with van der Waals surface area (Å²) in [6.45, 7) is 1.64. The number of pyridine rings is 2. The van der Waals surface area contributed by atoms with Crippen molar-refractivity contribution in [2.45, 2.75) is 31.5 Å². The van der Waals surface area contributed by atoms with Crippen molar-refractivity contribution in [3.8, 4) is 5.88 Å². The van der Waals surface area contributed by atoms with Gasteiger partial charge in [0.1, 0.15) is 23.7 Å². The first-order valence-electron chi connectivity index (χ1n) is 13.0. The van der Waals surface area contributed by atoms with Crippen molar-refractivity contribution in [2.75, 3.05) is 33.3 Å². The molecule has 0 aromatic carbocycles. The van der Waals surface area contributed by atoms with E-state index in [0.717, 1.165) is 31.0 Å². The molecule has 0 saturated carbocycles. The molecule has 39 heavy (non-hydrogen) atoms. The molecule has 1 N–H and O–H groups in total. The van der Waals surface area contributed by atoms with Crippen LogP contribution in [-0.4, -0.2) is 70.4 Å². The Morgan fingerprint density at radius 2 is 2.18 bits per heavy atom. The van der Waals surface area contributed by atoms with E-state index >= 15 is 0 Å². The molecule has 2 aromatic heterocycles. The summed E-state index contributed by atoms with van der Waals surface area (Å²) in [6, 6.07) is 3.31. The monoisotopic (exact) mass is 536 g/mol. The van der Waals surface area contributed by atoms with Crippen LogP contribution in [0, 0.1) is 11.7 Å². The molecule has 1 amide bonds. The van der Waals surface area contributed by atoms with Gasteiger partial charge in [0.05, 0.1) is 24.9 Å². The Morgan fingerprint density at radius 3 is 3.00 bits per heavy atom. The van der Waals surface area contributed by atoms with Crippen molar-refractivity contribution in [1.29, 1.82) is 0 Å². The summed E-state index contributed by atoms with van der Waals surface area (Å²) in [4.78, 5) is 24.8. The fourth-order valence-electron chi connectivity index (χ4n) is 5.41. The van der Waals surface area contributed by atoms with E-state index in [1.54, 1.807) is 12.1 Å². The molecule has 2 saturated heterocycles. The van der Waals surface area contributed by atoms with Crippen LogP contribution >= 0.6 is 0 Å². The average molecular weight is 537 g/mol. The molecular formula is C28H29FN4O6. The Balaban J connectivity index is 1.11. The van der Waals surface area contributed by atoms with Gasteiger partial charge in [0.2, 0.25) is 11.8 Å². The van der Waals surface area contributed by atoms with Crippen molar-refractivity contribution in [2.24, 2.45) is 5.92 Å². The third kappa shape index (κ3) is 5.07. The molecule has 2 fully saturated rings. The molecule has 3 aliphatic heterocycles. The van der Waals surface area contributed by atoms with Crippen molar-refractivity contribution in [3.05, 3.63) is 77.7 Å². The smallest absolute Gasteiger partial charge is 0.417 e. The maximum atomic E-state index is 14.8. The summed E-state index contributed by atoms with van der Waals surface area (Å²) in [7, 11) is 1.47. The zero-order chi connectivity index (χ0) is 26.9. The number of fused-ring (bicyclic) bond motifs is 2. The van der Waals surface area contributed by atoms with Gasteiger partial charge in [0, 0.05) is 37.2 Å². The highest BCUT2D eigenvalue weighted by Crippen LogP contribution is 2.34. The first-order valence-corrected chi connectivity index (χ1v) is 13.0. The van der Waals surface area contributed by atoms with Crippen molar-refractivity contribution in [1.82, 2.24) is 19.8 Å². The number of hydrogen-bond donors (Lipinski definition) is 1. The number of likely N-dealkylation sites (tertiary alicyclic amines) is 1. The molecule has 2 aromatic rings. The molecular weight excluding hydrogens is 507 g/mol. The summed E-state index contributed by atoms with van der Waals surface area (Å²) in [5.41, 5.74) is 1.79. The van der Waals surface area contributed by atoms with E-state index in [4.69, 9.17) is 18.9 Å². The van der Waals surface area contributed by atoms with Crippen molar-refractivity contribution < 1.29 is 33.2 Å². The minimum atomic E-state index is -1.16. The van der Waals surface area contributed by atoms with E-state index in [1.165, 1.54) is 24.5 Å². The van der Waals surface area contributed by atoms with Crippen LogP contribution in [0.2, 0.25) is 0 Å². The topological polar surface area (TPSA) is 106 Å². The summed E-state index contributed by atoms with van der Waals surface area (Å²) in [6.07, 6.45) is 10.5. The van der Waals surface area contributed by atoms with E-state index in [2.05, 4.69) is 16.0 Å². The van der Waals surface area contributed by atoms with Gasteiger partial charge in [-0.2, -0.15) is 0 Å². The van der Waals surface area contributed by atoms with Crippen LogP contribution in [0.25, 0.3) is 11.0 Å². The number of rotatable bonds is 6. The molecule has 0 spiro atoms. The Hall–Kier alpha value is -3.96. The van der Waals surface area contributed by atoms with Gasteiger partial charge in [0.25, 0.3) is 0 Å². The lowest BCUT2D eigenvalue weighted by Crippen LogP contribution is -2.56. The van der Waals surface area contributed by atoms with E-state index in [0.29, 0.717) is 42.7 Å². The van der Waals surface area contributed by atoms with Gasteiger partial charge in [-0.05, 0) is 37.4 Å². The number of aliphatic hydroxyl groups excluding tert-OH is 1. The lowest BCUT2D eigenvalue weighted by molar-refractivity contribution is -0.0613. The lowest BCUT2D eigenvalue weighted by Gasteiger charge is -2.44. The highest BCUT2D eigenvalue weighted by atomic mass is 19.1. The zero-order valence-electron chi connectivity index (χ0n) is 21.5. The standard InChI is InChI=1S/C28H29FN4O6/c1-36-24-8-7-20-27(31-24)26(19(29)11-30-20)21(34)13-32-10-9-18-12-33(28(35)39-22(18)14-32)25-16-37-15-23(38-25)17-5-3-2-4-6-17/h2-3,5,7-8,11,15-16,18,21-22,34H,4,6,9-10,12-14H2,1H3/t18-,21+,22+/m1/s1. The van der Waals surface area contributed by atoms with Crippen LogP contribution in [0.1, 0.15) is 30.9 Å². The van der Waals surface area contributed by atoms with E-state index < -0.39 is 18.0 Å². The maximum Gasteiger partial charge on any atom is 0.417 e. The molecule has 10 nitrogen and oxygen atoms in total. The fourth-order valence-corrected chi connectivity index (χ4v) is 5.41. The zero-order valence-corrected chi connectivity index (χ0v) is 21.5. The third-order valence-corrected chi connectivity index (χ3v) is 7.48. The van der Waals surface area contributed by atoms with Crippen molar-refractivity contribution in [3.63, 3.8) is 0 Å². The third-order valence-electron chi connectivity index (χ3n) is 7.48. The summed E-state index contributed by atoms with van der Waals surface area (Å²) >= 11 is 0. The van der Waals surface area contributed by atoms with E-state index in [-0.39, 0.29) is 29.6 Å². The van der Waals surface area contributed by atoms with Gasteiger partial charge in [-0.1, -0.05) is 18.2 Å². The molecule has 11 heteroatoms. The molecule has 3 atom stereocenters. The quantitative estimate of drug-likeness (QED) is 0.588. The number of halogens is 1. The molecule has 5 heterocycles. The Bertz CT molecular complexity index is 1410. The molecule has 1 aliphatic carbocycles. The van der Waals surface area contributed by atoms with Gasteiger partial charge in [-0.25, -0.2) is 19.1 Å². The van der Waals surface area contributed by atoms with Gasteiger partial charge in [-0.15, -0.1) is 0 Å². The normalized spacial score (nSPS) is 24.0. The van der Waals surface area contributed by atoms with Crippen LogP contribution in [0.5, 0.6) is 5.88 Å². The largest absolute Gasteiger partial charge is 0.481 e. The Kier molecular flexibility index (Phi) is 6.92. The molecule has 0 unspecified atom stereocenters. The number of allylic oxidation sites excluding steroid dienone is 4.